The molecule has 0 aliphatic rings. The van der Waals surface area contributed by atoms with Gasteiger partial charge >= 0.3 is 5.97 Å². The lowest BCUT2D eigenvalue weighted by molar-refractivity contribution is -0.142. The van der Waals surface area contributed by atoms with E-state index in [0.717, 1.165) is 12.8 Å². The number of carbonyl (C=O) groups excluding carboxylic acids is 1. The molecule has 1 unspecified atom stereocenters. The standard InChI is InChI=1S/C14H21NO4S/c1-19-9-3-7-12(14(17)18)15-13(16)8-2-5-11-6-4-10-20-11/h4,6,10,12H,2-3,5,7-9H2,1H3,(H,15,16)(H,17,18). The Bertz CT molecular complexity index is 405. The Morgan fingerprint density at radius 2 is 2.25 bits per heavy atom. The molecule has 0 radical (unpaired) electrons. The number of carbonyl (C=O) groups is 2. The number of amides is 1. The van der Waals surface area contributed by atoms with Crippen LogP contribution in [0.2, 0.25) is 0 Å². The van der Waals surface area contributed by atoms with Crippen molar-refractivity contribution >= 4 is 23.2 Å². The number of carboxylic acids is 1. The summed E-state index contributed by atoms with van der Waals surface area (Å²) in [5, 5.41) is 13.6. The number of ether oxygens (including phenoxy) is 1. The van der Waals surface area contributed by atoms with Crippen LogP contribution in [0.25, 0.3) is 0 Å². The Balaban J connectivity index is 2.24. The fraction of sp³-hybridized carbons (Fsp3) is 0.571. The molecule has 1 amide bonds. The highest BCUT2D eigenvalue weighted by atomic mass is 32.1. The van der Waals surface area contributed by atoms with Gasteiger partial charge in [-0.15, -0.1) is 11.3 Å². The Labute approximate surface area is 123 Å². The molecule has 0 spiro atoms. The molecular formula is C14H21NO4S. The molecule has 0 saturated heterocycles. The summed E-state index contributed by atoms with van der Waals surface area (Å²) in [7, 11) is 1.57. The summed E-state index contributed by atoms with van der Waals surface area (Å²) in [4.78, 5) is 24.0. The molecule has 1 rings (SSSR count). The van der Waals surface area contributed by atoms with Crippen LogP contribution in [0.4, 0.5) is 0 Å². The SMILES string of the molecule is COCCCC(NC(=O)CCCc1cccs1)C(=O)O. The minimum atomic E-state index is -0.993. The molecule has 1 atom stereocenters. The topological polar surface area (TPSA) is 75.6 Å². The maximum Gasteiger partial charge on any atom is 0.326 e. The van der Waals surface area contributed by atoms with Crippen molar-refractivity contribution in [1.82, 2.24) is 5.32 Å². The smallest absolute Gasteiger partial charge is 0.326 e. The third-order valence-electron chi connectivity index (χ3n) is 2.88. The van der Waals surface area contributed by atoms with Gasteiger partial charge in [0.1, 0.15) is 6.04 Å². The van der Waals surface area contributed by atoms with E-state index in [2.05, 4.69) is 5.32 Å². The van der Waals surface area contributed by atoms with Gasteiger partial charge in [0.05, 0.1) is 0 Å². The van der Waals surface area contributed by atoms with Gasteiger partial charge in [-0.2, -0.15) is 0 Å². The van der Waals surface area contributed by atoms with E-state index >= 15 is 0 Å². The molecule has 0 bridgehead atoms. The van der Waals surface area contributed by atoms with Crippen LogP contribution in [0, 0.1) is 0 Å². The first-order valence-corrected chi connectivity index (χ1v) is 7.55. The zero-order chi connectivity index (χ0) is 14.8. The molecule has 1 heterocycles. The third-order valence-corrected chi connectivity index (χ3v) is 3.82. The number of aryl methyl sites for hydroxylation is 1. The Kier molecular flexibility index (Phi) is 7.91. The van der Waals surface area contributed by atoms with Crippen LogP contribution in [0.5, 0.6) is 0 Å². The van der Waals surface area contributed by atoms with Crippen molar-refractivity contribution in [2.45, 2.75) is 38.1 Å². The van der Waals surface area contributed by atoms with E-state index in [1.165, 1.54) is 4.88 Å². The second kappa shape index (κ2) is 9.50. The highest BCUT2D eigenvalue weighted by Gasteiger charge is 2.18. The van der Waals surface area contributed by atoms with Crippen molar-refractivity contribution in [2.75, 3.05) is 13.7 Å². The molecule has 0 saturated carbocycles. The van der Waals surface area contributed by atoms with Gasteiger partial charge in [0, 0.05) is 25.0 Å². The summed E-state index contributed by atoms with van der Waals surface area (Å²) in [6, 6.07) is 3.20. The summed E-state index contributed by atoms with van der Waals surface area (Å²) in [5.74, 6) is -1.20. The van der Waals surface area contributed by atoms with E-state index in [9.17, 15) is 9.59 Å². The van der Waals surface area contributed by atoms with Crippen molar-refractivity contribution < 1.29 is 19.4 Å². The Hall–Kier alpha value is -1.40. The molecule has 5 nitrogen and oxygen atoms in total. The van der Waals surface area contributed by atoms with Crippen molar-refractivity contribution in [3.8, 4) is 0 Å². The fourth-order valence-electron chi connectivity index (χ4n) is 1.83. The number of carboxylic acid groups (broad SMARTS) is 1. The summed E-state index contributed by atoms with van der Waals surface area (Å²) >= 11 is 1.67. The van der Waals surface area contributed by atoms with Gasteiger partial charge in [-0.05, 0) is 37.1 Å². The van der Waals surface area contributed by atoms with Gasteiger partial charge in [0.25, 0.3) is 0 Å². The highest BCUT2D eigenvalue weighted by Crippen LogP contribution is 2.12. The van der Waals surface area contributed by atoms with E-state index in [1.807, 2.05) is 17.5 Å². The van der Waals surface area contributed by atoms with Gasteiger partial charge in [-0.3, -0.25) is 4.79 Å². The van der Waals surface area contributed by atoms with E-state index in [0.29, 0.717) is 25.9 Å². The Morgan fingerprint density at radius 3 is 2.85 bits per heavy atom. The molecule has 1 aromatic rings. The normalized spacial score (nSPS) is 12.1. The number of aliphatic carboxylic acids is 1. The lowest BCUT2D eigenvalue weighted by atomic mass is 10.1. The number of methoxy groups -OCH3 is 1. The first-order valence-electron chi connectivity index (χ1n) is 6.67. The van der Waals surface area contributed by atoms with E-state index < -0.39 is 12.0 Å². The molecule has 2 N–H and O–H groups in total. The predicted octanol–water partition coefficient (Wildman–Crippen LogP) is 2.07. The van der Waals surface area contributed by atoms with Gasteiger partial charge in [0.2, 0.25) is 5.91 Å². The zero-order valence-electron chi connectivity index (χ0n) is 11.6. The van der Waals surface area contributed by atoms with E-state index in [-0.39, 0.29) is 5.91 Å². The lowest BCUT2D eigenvalue weighted by Crippen LogP contribution is -2.40. The molecule has 0 aliphatic heterocycles. The monoisotopic (exact) mass is 299 g/mol. The van der Waals surface area contributed by atoms with Crippen molar-refractivity contribution in [2.24, 2.45) is 0 Å². The first-order chi connectivity index (χ1) is 9.63. The van der Waals surface area contributed by atoms with Crippen LogP contribution in [-0.2, 0) is 20.7 Å². The second-order valence-corrected chi connectivity index (χ2v) is 5.56. The molecule has 20 heavy (non-hydrogen) atoms. The minimum Gasteiger partial charge on any atom is -0.480 e. The van der Waals surface area contributed by atoms with E-state index in [4.69, 9.17) is 9.84 Å². The average molecular weight is 299 g/mol. The second-order valence-electron chi connectivity index (χ2n) is 4.53. The number of nitrogens with one attached hydrogen (secondary N) is 1. The van der Waals surface area contributed by atoms with Crippen LogP contribution < -0.4 is 5.32 Å². The van der Waals surface area contributed by atoms with Crippen LogP contribution >= 0.6 is 11.3 Å². The predicted molar refractivity (Wildman–Crippen MR) is 77.9 cm³/mol. The van der Waals surface area contributed by atoms with Gasteiger partial charge in [-0.1, -0.05) is 6.07 Å². The third kappa shape index (κ3) is 6.68. The van der Waals surface area contributed by atoms with Crippen LogP contribution in [0.15, 0.2) is 17.5 Å². The molecule has 112 valence electrons. The van der Waals surface area contributed by atoms with Crippen molar-refractivity contribution in [1.29, 1.82) is 0 Å². The molecule has 1 aromatic heterocycles. The minimum absolute atomic E-state index is 0.202. The summed E-state index contributed by atoms with van der Waals surface area (Å²) in [5.41, 5.74) is 0. The van der Waals surface area contributed by atoms with Crippen LogP contribution in [0.1, 0.15) is 30.6 Å². The molecule has 0 fully saturated rings. The van der Waals surface area contributed by atoms with Crippen LogP contribution in [0.3, 0.4) is 0 Å². The molecule has 0 aromatic carbocycles. The maximum absolute atomic E-state index is 11.7. The zero-order valence-corrected chi connectivity index (χ0v) is 12.4. The fourth-order valence-corrected chi connectivity index (χ4v) is 2.58. The number of hydrogen-bond donors (Lipinski definition) is 2. The average Bonchev–Trinajstić information content (AvgIpc) is 2.91. The molecule has 6 heteroatoms. The highest BCUT2D eigenvalue weighted by molar-refractivity contribution is 7.09. The van der Waals surface area contributed by atoms with E-state index in [1.54, 1.807) is 18.4 Å². The Morgan fingerprint density at radius 1 is 1.45 bits per heavy atom. The first kappa shape index (κ1) is 16.7. The summed E-state index contributed by atoms with van der Waals surface area (Å²) in [6.45, 7) is 0.498. The molecular weight excluding hydrogens is 278 g/mol. The summed E-state index contributed by atoms with van der Waals surface area (Å²) < 4.78 is 4.88. The largest absolute Gasteiger partial charge is 0.480 e. The van der Waals surface area contributed by atoms with Crippen LogP contribution in [-0.4, -0.2) is 36.7 Å². The van der Waals surface area contributed by atoms with Crippen molar-refractivity contribution in [3.63, 3.8) is 0 Å². The molecule has 0 aliphatic carbocycles. The van der Waals surface area contributed by atoms with Gasteiger partial charge in [0.15, 0.2) is 0 Å². The maximum atomic E-state index is 11.7. The van der Waals surface area contributed by atoms with Crippen molar-refractivity contribution in [3.05, 3.63) is 22.4 Å². The number of hydrogen-bond acceptors (Lipinski definition) is 4. The number of rotatable bonds is 10. The number of thiophene rings is 1. The summed E-state index contributed by atoms with van der Waals surface area (Å²) in [6.07, 6.45) is 2.94. The quantitative estimate of drug-likeness (QED) is 0.649. The lowest BCUT2D eigenvalue weighted by Gasteiger charge is -2.14. The van der Waals surface area contributed by atoms with Gasteiger partial charge in [-0.25, -0.2) is 4.79 Å². The van der Waals surface area contributed by atoms with Gasteiger partial charge < -0.3 is 15.2 Å².